The molecule has 2 unspecified atom stereocenters. The molecule has 0 aromatic heterocycles. The van der Waals surface area contributed by atoms with Gasteiger partial charge in [0, 0.05) is 19.6 Å². The van der Waals surface area contributed by atoms with Crippen LogP contribution >= 0.6 is 0 Å². The van der Waals surface area contributed by atoms with Crippen molar-refractivity contribution < 1.29 is 13.9 Å². The van der Waals surface area contributed by atoms with Crippen molar-refractivity contribution in [2.75, 3.05) is 13.2 Å². The van der Waals surface area contributed by atoms with Gasteiger partial charge in [0.25, 0.3) is 0 Å². The van der Waals surface area contributed by atoms with Crippen molar-refractivity contribution in [3.05, 3.63) is 12.2 Å². The molecule has 0 radical (unpaired) electrons. The van der Waals surface area contributed by atoms with Gasteiger partial charge < -0.3 is 13.9 Å². The van der Waals surface area contributed by atoms with Crippen LogP contribution in [-0.4, -0.2) is 36.1 Å². The third kappa shape index (κ3) is 11.4. The van der Waals surface area contributed by atoms with Crippen LogP contribution in [0.5, 0.6) is 0 Å². The minimum atomic E-state index is 0.0751. The SMILES string of the molecule is CC(CCCCCC/C=C\CCCCO[SiH3])OC1CCCO1. The maximum absolute atomic E-state index is 5.87. The quantitative estimate of drug-likeness (QED) is 0.275. The van der Waals surface area contributed by atoms with E-state index in [4.69, 9.17) is 13.9 Å². The van der Waals surface area contributed by atoms with Gasteiger partial charge in [-0.15, -0.1) is 0 Å². The minimum absolute atomic E-state index is 0.0751. The molecule has 2 atom stereocenters. The zero-order chi connectivity index (χ0) is 15.9. The van der Waals surface area contributed by atoms with E-state index in [1.54, 1.807) is 0 Å². The second kappa shape index (κ2) is 14.4. The largest absolute Gasteiger partial charge is 0.428 e. The van der Waals surface area contributed by atoms with Crippen LogP contribution in [0, 0.1) is 0 Å². The Morgan fingerprint density at radius 1 is 1.09 bits per heavy atom. The summed E-state index contributed by atoms with van der Waals surface area (Å²) in [7, 11) is 0.878. The van der Waals surface area contributed by atoms with Crippen LogP contribution in [0.3, 0.4) is 0 Å². The van der Waals surface area contributed by atoms with Crippen LogP contribution in [0.15, 0.2) is 12.2 Å². The van der Waals surface area contributed by atoms with Gasteiger partial charge in [0.15, 0.2) is 6.29 Å². The average molecular weight is 329 g/mol. The van der Waals surface area contributed by atoms with Gasteiger partial charge in [-0.05, 0) is 51.9 Å². The fourth-order valence-corrected chi connectivity index (χ4v) is 3.06. The third-order valence-corrected chi connectivity index (χ3v) is 4.55. The Morgan fingerprint density at radius 3 is 2.50 bits per heavy atom. The maximum Gasteiger partial charge on any atom is 0.158 e. The van der Waals surface area contributed by atoms with Gasteiger partial charge >= 0.3 is 0 Å². The van der Waals surface area contributed by atoms with Crippen molar-refractivity contribution in [1.29, 1.82) is 0 Å². The molecule has 1 saturated heterocycles. The molecule has 0 bridgehead atoms. The molecule has 0 N–H and O–H groups in total. The Morgan fingerprint density at radius 2 is 1.82 bits per heavy atom. The van der Waals surface area contributed by atoms with Crippen molar-refractivity contribution in [1.82, 2.24) is 0 Å². The number of allylic oxidation sites excluding steroid dienone is 2. The second-order valence-electron chi connectivity index (χ2n) is 6.34. The van der Waals surface area contributed by atoms with E-state index in [9.17, 15) is 0 Å². The molecule has 0 saturated carbocycles. The highest BCUT2D eigenvalue weighted by molar-refractivity contribution is 5.97. The Hall–Kier alpha value is -0.163. The third-order valence-electron chi connectivity index (χ3n) is 4.14. The molecule has 130 valence electrons. The second-order valence-corrected chi connectivity index (χ2v) is 6.92. The normalized spacial score (nSPS) is 20.1. The van der Waals surface area contributed by atoms with Crippen LogP contribution in [0.1, 0.15) is 77.6 Å². The summed E-state index contributed by atoms with van der Waals surface area (Å²) >= 11 is 0. The van der Waals surface area contributed by atoms with Gasteiger partial charge in [-0.1, -0.05) is 31.4 Å². The lowest BCUT2D eigenvalue weighted by molar-refractivity contribution is -0.140. The summed E-state index contributed by atoms with van der Waals surface area (Å²) in [5.74, 6) is 0. The summed E-state index contributed by atoms with van der Waals surface area (Å²) in [6.07, 6.45) is 18.7. The zero-order valence-corrected chi connectivity index (χ0v) is 16.7. The lowest BCUT2D eigenvalue weighted by Crippen LogP contribution is -2.18. The summed E-state index contributed by atoms with van der Waals surface area (Å²) in [5, 5.41) is 0. The van der Waals surface area contributed by atoms with Crippen LogP contribution in [0.2, 0.25) is 0 Å². The van der Waals surface area contributed by atoms with Crippen LogP contribution in [0.4, 0.5) is 0 Å². The molecule has 3 nitrogen and oxygen atoms in total. The minimum Gasteiger partial charge on any atom is -0.428 e. The predicted octanol–water partition coefficient (Wildman–Crippen LogP) is 3.89. The van der Waals surface area contributed by atoms with Gasteiger partial charge in [0.05, 0.1) is 6.10 Å². The molecule has 1 heterocycles. The standard InChI is InChI=1S/C18H36O3Si/c1-17(21-18-14-12-15-19-18)13-10-8-6-4-2-3-5-7-9-11-16-20-22/h3,5,17-18H,2,4,6-16H2,1,22H3/b5-3-. The van der Waals surface area contributed by atoms with Crippen molar-refractivity contribution in [2.24, 2.45) is 0 Å². The van der Waals surface area contributed by atoms with E-state index >= 15 is 0 Å². The highest BCUT2D eigenvalue weighted by Gasteiger charge is 2.18. The molecule has 0 aliphatic carbocycles. The number of ether oxygens (including phenoxy) is 2. The molecular formula is C18H36O3Si. The molecule has 0 spiro atoms. The molecule has 1 rings (SSSR count). The van der Waals surface area contributed by atoms with E-state index in [1.807, 2.05) is 0 Å². The van der Waals surface area contributed by atoms with Crippen molar-refractivity contribution >= 4 is 10.5 Å². The van der Waals surface area contributed by atoms with E-state index in [0.29, 0.717) is 6.10 Å². The van der Waals surface area contributed by atoms with Gasteiger partial charge in [-0.25, -0.2) is 0 Å². The number of unbranched alkanes of at least 4 members (excludes halogenated alkanes) is 6. The van der Waals surface area contributed by atoms with Gasteiger partial charge in [-0.3, -0.25) is 0 Å². The number of hydrogen-bond acceptors (Lipinski definition) is 3. The van der Waals surface area contributed by atoms with Gasteiger partial charge in [0.2, 0.25) is 0 Å². The molecule has 1 aliphatic heterocycles. The van der Waals surface area contributed by atoms with Crippen molar-refractivity contribution in [3.8, 4) is 0 Å². The fourth-order valence-electron chi connectivity index (χ4n) is 2.77. The highest BCUT2D eigenvalue weighted by Crippen LogP contribution is 2.17. The van der Waals surface area contributed by atoms with Gasteiger partial charge in [0.1, 0.15) is 10.5 Å². The molecular weight excluding hydrogens is 292 g/mol. The van der Waals surface area contributed by atoms with Gasteiger partial charge in [-0.2, -0.15) is 0 Å². The fraction of sp³-hybridized carbons (Fsp3) is 0.889. The van der Waals surface area contributed by atoms with E-state index in [0.717, 1.165) is 43.0 Å². The summed E-state index contributed by atoms with van der Waals surface area (Å²) in [5.41, 5.74) is 0. The molecule has 0 amide bonds. The van der Waals surface area contributed by atoms with Crippen molar-refractivity contribution in [3.63, 3.8) is 0 Å². The molecule has 0 aromatic carbocycles. The number of rotatable bonds is 14. The molecule has 4 heteroatoms. The molecule has 22 heavy (non-hydrogen) atoms. The maximum atomic E-state index is 5.87. The average Bonchev–Trinajstić information content (AvgIpc) is 3.01. The molecule has 0 aromatic rings. The summed E-state index contributed by atoms with van der Waals surface area (Å²) in [4.78, 5) is 0. The predicted molar refractivity (Wildman–Crippen MR) is 96.1 cm³/mol. The Bertz CT molecular complexity index is 265. The lowest BCUT2D eigenvalue weighted by atomic mass is 10.1. The van der Waals surface area contributed by atoms with E-state index in [-0.39, 0.29) is 6.29 Å². The highest BCUT2D eigenvalue weighted by atomic mass is 28.2. The summed E-state index contributed by atoms with van der Waals surface area (Å²) in [6, 6.07) is 0. The Labute approximate surface area is 140 Å². The topological polar surface area (TPSA) is 27.7 Å². The molecule has 1 fully saturated rings. The monoisotopic (exact) mass is 328 g/mol. The first-order chi connectivity index (χ1) is 10.8. The molecule has 1 aliphatic rings. The van der Waals surface area contributed by atoms with E-state index < -0.39 is 0 Å². The Kier molecular flexibility index (Phi) is 13.0. The van der Waals surface area contributed by atoms with Crippen LogP contribution in [0.25, 0.3) is 0 Å². The first kappa shape index (κ1) is 19.9. The smallest absolute Gasteiger partial charge is 0.158 e. The van der Waals surface area contributed by atoms with Crippen molar-refractivity contribution in [2.45, 2.75) is 89.9 Å². The summed E-state index contributed by atoms with van der Waals surface area (Å²) < 4.78 is 16.5. The van der Waals surface area contributed by atoms with Crippen LogP contribution < -0.4 is 0 Å². The Balaban J connectivity index is 1.79. The number of hydrogen-bond donors (Lipinski definition) is 0. The summed E-state index contributed by atoms with van der Waals surface area (Å²) in [6.45, 7) is 4.00. The zero-order valence-electron chi connectivity index (χ0n) is 14.7. The van der Waals surface area contributed by atoms with Crippen LogP contribution in [-0.2, 0) is 13.9 Å². The first-order valence-corrected chi connectivity index (χ1v) is 10.1. The van der Waals surface area contributed by atoms with E-state index in [2.05, 4.69) is 19.1 Å². The van der Waals surface area contributed by atoms with E-state index in [1.165, 1.54) is 51.4 Å². The first-order valence-electron chi connectivity index (χ1n) is 9.24. The lowest BCUT2D eigenvalue weighted by Gasteiger charge is -2.17.